The fraction of sp³-hybridized carbons (Fsp3) is 0.143. The molecule has 1 aromatic heterocycles. The number of furan rings is 1. The molecule has 0 aliphatic rings. The van der Waals surface area contributed by atoms with Crippen LogP contribution in [0.15, 0.2) is 47.1 Å². The second-order valence-electron chi connectivity index (χ2n) is 4.17. The van der Waals surface area contributed by atoms with Crippen LogP contribution < -0.4 is 11.1 Å². The Morgan fingerprint density at radius 1 is 1.37 bits per heavy atom. The van der Waals surface area contributed by atoms with Gasteiger partial charge in [0.15, 0.2) is 0 Å². The van der Waals surface area contributed by atoms with Crippen molar-refractivity contribution in [2.24, 2.45) is 5.73 Å². The molecular weight excluding hydrogens is 260 g/mol. The molecule has 0 fully saturated rings. The van der Waals surface area contributed by atoms with E-state index in [9.17, 15) is 4.79 Å². The van der Waals surface area contributed by atoms with Gasteiger partial charge in [-0.3, -0.25) is 4.79 Å². The van der Waals surface area contributed by atoms with Gasteiger partial charge < -0.3 is 15.5 Å². The summed E-state index contributed by atoms with van der Waals surface area (Å²) in [4.78, 5) is 12.3. The minimum Gasteiger partial charge on any atom is -0.469 e. The molecule has 1 aromatic carbocycles. The number of hydrogen-bond acceptors (Lipinski definition) is 3. The van der Waals surface area contributed by atoms with Gasteiger partial charge in [0, 0.05) is 0 Å². The summed E-state index contributed by atoms with van der Waals surface area (Å²) < 4.78 is 5.11. The molecule has 98 valence electrons. The Labute approximate surface area is 116 Å². The predicted octanol–water partition coefficient (Wildman–Crippen LogP) is 2.35. The van der Waals surface area contributed by atoms with Crippen molar-refractivity contribution in [2.75, 3.05) is 0 Å². The van der Waals surface area contributed by atoms with Gasteiger partial charge in [-0.15, -0.1) is 0 Å². The number of carbonyl (C=O) groups is 1. The maximum absolute atomic E-state index is 12.1. The zero-order valence-corrected chi connectivity index (χ0v) is 11.2. The fourth-order valence-electron chi connectivity index (χ4n) is 1.74. The normalized spacial score (nSPS) is 11.8. The topological polar surface area (TPSA) is 68.3 Å². The number of nitrogens with two attached hydrogens (primary N) is 1. The Balaban J connectivity index is 2.18. The van der Waals surface area contributed by atoms with Crippen LogP contribution in [-0.4, -0.2) is 10.9 Å². The maximum atomic E-state index is 12.1. The molecule has 19 heavy (non-hydrogen) atoms. The summed E-state index contributed by atoms with van der Waals surface area (Å²) in [6.07, 6.45) is 1.41. The summed E-state index contributed by atoms with van der Waals surface area (Å²) >= 11 is 5.01. The summed E-state index contributed by atoms with van der Waals surface area (Å²) in [6, 6.07) is 10.5. The second kappa shape index (κ2) is 5.67. The molecule has 3 N–H and O–H groups in total. The van der Waals surface area contributed by atoms with E-state index in [1.54, 1.807) is 13.0 Å². The molecule has 1 unspecified atom stereocenters. The van der Waals surface area contributed by atoms with Gasteiger partial charge in [-0.1, -0.05) is 42.5 Å². The summed E-state index contributed by atoms with van der Waals surface area (Å²) in [7, 11) is 0. The smallest absolute Gasteiger partial charge is 0.255 e. The average Bonchev–Trinajstić information content (AvgIpc) is 2.83. The molecule has 0 saturated heterocycles. The lowest BCUT2D eigenvalue weighted by Gasteiger charge is -2.17. The third-order valence-corrected chi connectivity index (χ3v) is 2.92. The zero-order chi connectivity index (χ0) is 13.8. The highest BCUT2D eigenvalue weighted by atomic mass is 32.1. The first-order valence-corrected chi connectivity index (χ1v) is 6.19. The number of aryl methyl sites for hydroxylation is 1. The summed E-state index contributed by atoms with van der Waals surface area (Å²) in [6.45, 7) is 1.78. The minimum absolute atomic E-state index is 0.222. The lowest BCUT2D eigenvalue weighted by Crippen LogP contribution is -2.36. The highest BCUT2D eigenvalue weighted by Crippen LogP contribution is 2.14. The van der Waals surface area contributed by atoms with Gasteiger partial charge in [-0.05, 0) is 18.6 Å². The van der Waals surface area contributed by atoms with E-state index in [-0.39, 0.29) is 10.9 Å². The number of hydrogen-bond donors (Lipinski definition) is 2. The van der Waals surface area contributed by atoms with Gasteiger partial charge >= 0.3 is 0 Å². The van der Waals surface area contributed by atoms with Crippen molar-refractivity contribution in [1.29, 1.82) is 0 Å². The van der Waals surface area contributed by atoms with Crippen molar-refractivity contribution in [1.82, 2.24) is 5.32 Å². The SMILES string of the molecule is Cc1cc(C(=O)NC(C(N)=S)c2ccccc2)co1. The monoisotopic (exact) mass is 274 g/mol. The molecule has 0 spiro atoms. The van der Waals surface area contributed by atoms with Crippen molar-refractivity contribution in [3.8, 4) is 0 Å². The summed E-state index contributed by atoms with van der Waals surface area (Å²) in [5.74, 6) is 0.412. The maximum Gasteiger partial charge on any atom is 0.255 e. The number of amides is 1. The van der Waals surface area contributed by atoms with E-state index in [4.69, 9.17) is 22.4 Å². The molecule has 4 nitrogen and oxygen atoms in total. The lowest BCUT2D eigenvalue weighted by atomic mass is 10.1. The number of carbonyl (C=O) groups excluding carboxylic acids is 1. The largest absolute Gasteiger partial charge is 0.469 e. The van der Waals surface area contributed by atoms with E-state index >= 15 is 0 Å². The lowest BCUT2D eigenvalue weighted by molar-refractivity contribution is 0.0946. The van der Waals surface area contributed by atoms with E-state index in [0.29, 0.717) is 11.3 Å². The Morgan fingerprint density at radius 3 is 2.58 bits per heavy atom. The highest BCUT2D eigenvalue weighted by Gasteiger charge is 2.18. The van der Waals surface area contributed by atoms with Crippen LogP contribution in [0.5, 0.6) is 0 Å². The van der Waals surface area contributed by atoms with Crippen LogP contribution in [0.3, 0.4) is 0 Å². The molecule has 2 aromatic rings. The predicted molar refractivity (Wildman–Crippen MR) is 76.9 cm³/mol. The van der Waals surface area contributed by atoms with E-state index in [1.807, 2.05) is 30.3 Å². The van der Waals surface area contributed by atoms with Gasteiger partial charge in [0.2, 0.25) is 0 Å². The molecule has 2 rings (SSSR count). The van der Waals surface area contributed by atoms with Crippen molar-refractivity contribution >= 4 is 23.1 Å². The molecule has 5 heteroatoms. The van der Waals surface area contributed by atoms with Gasteiger partial charge in [0.05, 0.1) is 5.56 Å². The third-order valence-electron chi connectivity index (χ3n) is 2.69. The van der Waals surface area contributed by atoms with E-state index < -0.39 is 6.04 Å². The van der Waals surface area contributed by atoms with Gasteiger partial charge in [-0.25, -0.2) is 0 Å². The first-order valence-electron chi connectivity index (χ1n) is 5.78. The van der Waals surface area contributed by atoms with Crippen LogP contribution in [0.1, 0.15) is 27.7 Å². The quantitative estimate of drug-likeness (QED) is 0.840. The van der Waals surface area contributed by atoms with Crippen molar-refractivity contribution < 1.29 is 9.21 Å². The van der Waals surface area contributed by atoms with Crippen LogP contribution in [0, 0.1) is 6.92 Å². The fourth-order valence-corrected chi connectivity index (χ4v) is 1.94. The first-order chi connectivity index (χ1) is 9.08. The van der Waals surface area contributed by atoms with Gasteiger partial charge in [0.1, 0.15) is 23.1 Å². The Kier molecular flexibility index (Phi) is 3.97. The van der Waals surface area contributed by atoms with Crippen LogP contribution in [0.25, 0.3) is 0 Å². The Bertz CT molecular complexity index is 593. The van der Waals surface area contributed by atoms with Crippen molar-refractivity contribution in [3.05, 3.63) is 59.5 Å². The second-order valence-corrected chi connectivity index (χ2v) is 4.64. The Morgan fingerprint density at radius 2 is 2.05 bits per heavy atom. The first kappa shape index (κ1) is 13.3. The number of rotatable bonds is 4. The third kappa shape index (κ3) is 3.20. The van der Waals surface area contributed by atoms with Gasteiger partial charge in [0.25, 0.3) is 5.91 Å². The standard InChI is InChI=1S/C14H14N2O2S/c1-9-7-11(8-18-9)14(17)16-12(13(15)19)10-5-3-2-4-6-10/h2-8,12H,1H3,(H2,15,19)(H,16,17). The molecule has 1 atom stereocenters. The van der Waals surface area contributed by atoms with E-state index in [1.165, 1.54) is 6.26 Å². The highest BCUT2D eigenvalue weighted by molar-refractivity contribution is 7.80. The molecule has 0 aliphatic heterocycles. The molecule has 0 saturated carbocycles. The minimum atomic E-state index is -0.487. The number of nitrogens with one attached hydrogen (secondary N) is 1. The molecular formula is C14H14N2O2S. The van der Waals surface area contributed by atoms with Crippen molar-refractivity contribution in [2.45, 2.75) is 13.0 Å². The van der Waals surface area contributed by atoms with Crippen molar-refractivity contribution in [3.63, 3.8) is 0 Å². The zero-order valence-electron chi connectivity index (χ0n) is 10.4. The number of benzene rings is 1. The molecule has 1 heterocycles. The van der Waals surface area contributed by atoms with Crippen LogP contribution in [-0.2, 0) is 0 Å². The van der Waals surface area contributed by atoms with E-state index in [0.717, 1.165) is 5.56 Å². The van der Waals surface area contributed by atoms with Crippen LogP contribution in [0.2, 0.25) is 0 Å². The van der Waals surface area contributed by atoms with Crippen LogP contribution >= 0.6 is 12.2 Å². The molecule has 1 amide bonds. The van der Waals surface area contributed by atoms with Crippen LogP contribution in [0.4, 0.5) is 0 Å². The summed E-state index contributed by atoms with van der Waals surface area (Å²) in [5, 5.41) is 2.80. The van der Waals surface area contributed by atoms with Gasteiger partial charge in [-0.2, -0.15) is 0 Å². The molecule has 0 radical (unpaired) electrons. The Hall–Kier alpha value is -2.14. The summed E-state index contributed by atoms with van der Waals surface area (Å²) in [5.41, 5.74) is 7.00. The molecule has 0 bridgehead atoms. The number of thiocarbonyl (C=S) groups is 1. The average molecular weight is 274 g/mol. The molecule has 0 aliphatic carbocycles. The van der Waals surface area contributed by atoms with E-state index in [2.05, 4.69) is 5.32 Å².